The maximum atomic E-state index is 13.8. The Labute approximate surface area is 157 Å². The van der Waals surface area contributed by atoms with Gasteiger partial charge in [-0.25, -0.2) is 4.39 Å². The summed E-state index contributed by atoms with van der Waals surface area (Å²) in [5, 5.41) is 5.27. The van der Waals surface area contributed by atoms with Crippen molar-refractivity contribution in [3.63, 3.8) is 0 Å². The van der Waals surface area contributed by atoms with Gasteiger partial charge in [0.25, 0.3) is 0 Å². The van der Waals surface area contributed by atoms with E-state index in [-0.39, 0.29) is 17.5 Å². The molecule has 1 heterocycles. The maximum Gasteiger partial charge on any atom is 0.237 e. The molecule has 0 aliphatic carbocycles. The summed E-state index contributed by atoms with van der Waals surface area (Å²) in [5.74, 6) is -1.59. The molecule has 3 rings (SSSR count). The molecule has 5 nitrogen and oxygen atoms in total. The molecule has 27 heavy (non-hydrogen) atoms. The Morgan fingerprint density at radius 1 is 1.26 bits per heavy atom. The monoisotopic (exact) mass is 370 g/mol. The molecule has 6 heteroatoms. The number of hydrogen-bond acceptors (Lipinski definition) is 3. The first-order valence-electron chi connectivity index (χ1n) is 9.01. The molecule has 142 valence electrons. The summed E-state index contributed by atoms with van der Waals surface area (Å²) in [7, 11) is 0. The summed E-state index contributed by atoms with van der Waals surface area (Å²) in [4.78, 5) is 25.0. The number of ether oxygens (including phenoxy) is 1. The third-order valence-electron chi connectivity index (χ3n) is 4.46. The number of anilines is 1. The fraction of sp³-hybridized carbons (Fsp3) is 0.333. The van der Waals surface area contributed by atoms with Crippen molar-refractivity contribution in [3.05, 3.63) is 59.9 Å². The van der Waals surface area contributed by atoms with E-state index in [0.717, 1.165) is 5.56 Å². The van der Waals surface area contributed by atoms with Crippen molar-refractivity contribution in [2.45, 2.75) is 19.8 Å². The van der Waals surface area contributed by atoms with Crippen LogP contribution in [0.4, 0.5) is 10.1 Å². The minimum atomic E-state index is -0.926. The Hall–Kier alpha value is -2.89. The van der Waals surface area contributed by atoms with Crippen LogP contribution in [0, 0.1) is 17.7 Å². The molecule has 1 saturated heterocycles. The van der Waals surface area contributed by atoms with Gasteiger partial charge in [0.1, 0.15) is 17.5 Å². The molecule has 1 aliphatic heterocycles. The summed E-state index contributed by atoms with van der Waals surface area (Å²) in [5.41, 5.74) is 0.901. The van der Waals surface area contributed by atoms with Gasteiger partial charge in [0.15, 0.2) is 0 Å². The lowest BCUT2D eigenvalue weighted by atomic mass is 9.87. The van der Waals surface area contributed by atoms with Gasteiger partial charge in [-0.05, 0) is 35.7 Å². The van der Waals surface area contributed by atoms with Crippen molar-refractivity contribution >= 4 is 17.5 Å². The number of carbonyl (C=O) groups excluding carboxylic acids is 2. The average molecular weight is 370 g/mol. The van der Waals surface area contributed by atoms with E-state index in [9.17, 15) is 14.0 Å². The van der Waals surface area contributed by atoms with Gasteiger partial charge < -0.3 is 15.4 Å². The van der Waals surface area contributed by atoms with E-state index in [0.29, 0.717) is 24.8 Å². The predicted octanol–water partition coefficient (Wildman–Crippen LogP) is 3.33. The second-order valence-corrected chi connectivity index (χ2v) is 7.08. The summed E-state index contributed by atoms with van der Waals surface area (Å²) in [6.45, 7) is 5.06. The number of amides is 2. The number of halogens is 1. The fourth-order valence-corrected chi connectivity index (χ4v) is 3.10. The van der Waals surface area contributed by atoms with E-state index in [1.807, 2.05) is 24.3 Å². The van der Waals surface area contributed by atoms with Crippen LogP contribution in [-0.4, -0.2) is 25.0 Å². The normalized spacial score (nSPS) is 19.0. The van der Waals surface area contributed by atoms with Crippen molar-refractivity contribution in [1.29, 1.82) is 0 Å². The van der Waals surface area contributed by atoms with E-state index in [2.05, 4.69) is 24.5 Å². The van der Waals surface area contributed by atoms with E-state index < -0.39 is 17.6 Å². The number of hydrogen-bond donors (Lipinski definition) is 2. The number of para-hydroxylation sites is 1. The Morgan fingerprint density at radius 3 is 2.78 bits per heavy atom. The highest BCUT2D eigenvalue weighted by Crippen LogP contribution is 2.32. The van der Waals surface area contributed by atoms with Crippen LogP contribution in [0.5, 0.6) is 5.75 Å². The Morgan fingerprint density at radius 2 is 2.04 bits per heavy atom. The largest absolute Gasteiger partial charge is 0.493 e. The van der Waals surface area contributed by atoms with E-state index in [1.54, 1.807) is 12.1 Å². The van der Waals surface area contributed by atoms with Gasteiger partial charge in [-0.1, -0.05) is 38.1 Å². The zero-order valence-corrected chi connectivity index (χ0v) is 15.4. The lowest BCUT2D eigenvalue weighted by molar-refractivity contribution is -0.130. The Kier molecular flexibility index (Phi) is 5.74. The highest BCUT2D eigenvalue weighted by molar-refractivity contribution is 6.08. The SMILES string of the molecule is CC(C)COc1cccc([C@H]2CNC(=O)[C@@H]2C(=O)Nc2ccccc2F)c1. The molecule has 1 fully saturated rings. The molecule has 2 atom stereocenters. The highest BCUT2D eigenvalue weighted by Gasteiger charge is 2.41. The zero-order valence-electron chi connectivity index (χ0n) is 15.4. The van der Waals surface area contributed by atoms with Crippen LogP contribution >= 0.6 is 0 Å². The minimum Gasteiger partial charge on any atom is -0.493 e. The molecule has 0 spiro atoms. The third kappa shape index (κ3) is 4.45. The molecule has 0 saturated carbocycles. The van der Waals surface area contributed by atoms with Gasteiger partial charge in [0.05, 0.1) is 12.3 Å². The van der Waals surface area contributed by atoms with E-state index in [1.165, 1.54) is 12.1 Å². The highest BCUT2D eigenvalue weighted by atomic mass is 19.1. The zero-order chi connectivity index (χ0) is 19.4. The number of benzene rings is 2. The van der Waals surface area contributed by atoms with Gasteiger partial charge >= 0.3 is 0 Å². The standard InChI is InChI=1S/C21H23FN2O3/c1-13(2)12-27-15-7-5-6-14(10-15)16-11-23-20(25)19(16)21(26)24-18-9-4-3-8-17(18)22/h3-10,13,16,19H,11-12H2,1-2H3,(H,23,25)(H,24,26)/t16-,19-/m1/s1. The van der Waals surface area contributed by atoms with E-state index in [4.69, 9.17) is 4.74 Å². The minimum absolute atomic E-state index is 0.0648. The van der Waals surface area contributed by atoms with Crippen LogP contribution in [-0.2, 0) is 9.59 Å². The first-order valence-corrected chi connectivity index (χ1v) is 9.01. The predicted molar refractivity (Wildman–Crippen MR) is 101 cm³/mol. The van der Waals surface area contributed by atoms with Crippen LogP contribution in [0.15, 0.2) is 48.5 Å². The molecule has 0 unspecified atom stereocenters. The van der Waals surface area contributed by atoms with E-state index >= 15 is 0 Å². The second kappa shape index (κ2) is 8.20. The van der Waals surface area contributed by atoms with Crippen LogP contribution in [0.25, 0.3) is 0 Å². The first-order chi connectivity index (χ1) is 13.0. The van der Waals surface area contributed by atoms with Crippen molar-refractivity contribution in [3.8, 4) is 5.75 Å². The molecule has 0 radical (unpaired) electrons. The van der Waals surface area contributed by atoms with Crippen molar-refractivity contribution in [1.82, 2.24) is 5.32 Å². The van der Waals surface area contributed by atoms with Gasteiger partial charge in [-0.3, -0.25) is 9.59 Å². The lowest BCUT2D eigenvalue weighted by Crippen LogP contribution is -2.32. The summed E-state index contributed by atoms with van der Waals surface area (Å²) in [6, 6.07) is 13.3. The summed E-state index contributed by atoms with van der Waals surface area (Å²) >= 11 is 0. The number of rotatable bonds is 6. The maximum absolute atomic E-state index is 13.8. The molecule has 0 bridgehead atoms. The average Bonchev–Trinajstić information content (AvgIpc) is 3.04. The molecule has 2 amide bonds. The van der Waals surface area contributed by atoms with Crippen molar-refractivity contribution in [2.75, 3.05) is 18.5 Å². The van der Waals surface area contributed by atoms with Crippen LogP contribution in [0.3, 0.4) is 0 Å². The third-order valence-corrected chi connectivity index (χ3v) is 4.46. The molecule has 0 aromatic heterocycles. The first kappa shape index (κ1) is 18.9. The van der Waals surface area contributed by atoms with Crippen LogP contribution in [0.2, 0.25) is 0 Å². The van der Waals surface area contributed by atoms with Gasteiger partial charge in [-0.2, -0.15) is 0 Å². The van der Waals surface area contributed by atoms with Crippen LogP contribution in [0.1, 0.15) is 25.3 Å². The molecule has 2 N–H and O–H groups in total. The van der Waals surface area contributed by atoms with Crippen molar-refractivity contribution in [2.24, 2.45) is 11.8 Å². The Balaban J connectivity index is 1.79. The van der Waals surface area contributed by atoms with Gasteiger partial charge in [0.2, 0.25) is 11.8 Å². The smallest absolute Gasteiger partial charge is 0.237 e. The van der Waals surface area contributed by atoms with Crippen LogP contribution < -0.4 is 15.4 Å². The Bertz CT molecular complexity index is 838. The number of carbonyl (C=O) groups is 2. The molecular weight excluding hydrogens is 347 g/mol. The fourth-order valence-electron chi connectivity index (χ4n) is 3.10. The topological polar surface area (TPSA) is 67.4 Å². The summed E-state index contributed by atoms with van der Waals surface area (Å²) in [6.07, 6.45) is 0. The van der Waals surface area contributed by atoms with Gasteiger partial charge in [-0.15, -0.1) is 0 Å². The second-order valence-electron chi connectivity index (χ2n) is 7.08. The molecular formula is C21H23FN2O3. The summed E-state index contributed by atoms with van der Waals surface area (Å²) < 4.78 is 19.6. The van der Waals surface area contributed by atoms with Crippen molar-refractivity contribution < 1.29 is 18.7 Å². The molecule has 2 aromatic carbocycles. The lowest BCUT2D eigenvalue weighted by Gasteiger charge is -2.18. The molecule has 1 aliphatic rings. The number of nitrogens with one attached hydrogen (secondary N) is 2. The quantitative estimate of drug-likeness (QED) is 0.767. The molecule has 2 aromatic rings. The van der Waals surface area contributed by atoms with Gasteiger partial charge in [0, 0.05) is 12.5 Å².